The van der Waals surface area contributed by atoms with Gasteiger partial charge in [-0.2, -0.15) is 0 Å². The molecule has 0 aromatic rings. The highest BCUT2D eigenvalue weighted by molar-refractivity contribution is 5.75. The Labute approximate surface area is 165 Å². The van der Waals surface area contributed by atoms with E-state index in [4.69, 9.17) is 0 Å². The summed E-state index contributed by atoms with van der Waals surface area (Å²) >= 11 is 0. The van der Waals surface area contributed by atoms with Crippen LogP contribution in [0.1, 0.15) is 86.0 Å². The molecule has 8 atom stereocenters. The smallest absolute Gasteiger partial charge is 0.0482 e. The molecule has 27 heavy (non-hydrogen) atoms. The molecule has 0 amide bonds. The number of carbonyl (C=O) groups is 1. The quantitative estimate of drug-likeness (QED) is 0.644. The first-order valence-corrected chi connectivity index (χ1v) is 11.6. The number of carboxylic acid groups (broad SMARTS) is 1. The second kappa shape index (κ2) is 5.42. The highest BCUT2D eigenvalue weighted by Gasteiger charge is 2.71. The van der Waals surface area contributed by atoms with Gasteiger partial charge in [0.25, 0.3) is 0 Å². The van der Waals surface area contributed by atoms with Crippen LogP contribution < -0.4 is 5.11 Å². The molecule has 2 nitrogen and oxygen atoms in total. The largest absolute Gasteiger partial charge is 0.550 e. The van der Waals surface area contributed by atoms with Gasteiger partial charge in [-0.25, -0.2) is 0 Å². The molecule has 2 heteroatoms. The number of hydrogen-bond acceptors (Lipinski definition) is 2. The average molecular weight is 370 g/mol. The molecule has 4 saturated carbocycles. The molecule has 5 rings (SSSR count). The van der Waals surface area contributed by atoms with Gasteiger partial charge in [0.1, 0.15) is 0 Å². The Bertz CT molecular complexity index is 720. The maximum absolute atomic E-state index is 12.5. The van der Waals surface area contributed by atoms with E-state index in [1.165, 1.54) is 25.7 Å². The highest BCUT2D eigenvalue weighted by Crippen LogP contribution is 2.79. The van der Waals surface area contributed by atoms with Gasteiger partial charge in [0.15, 0.2) is 0 Å². The average Bonchev–Trinajstić information content (AvgIpc) is 3.28. The second-order valence-corrected chi connectivity index (χ2v) is 11.6. The number of aliphatic carboxylic acids is 1. The van der Waals surface area contributed by atoms with E-state index < -0.39 is 11.4 Å². The molecule has 0 aromatic carbocycles. The van der Waals surface area contributed by atoms with Crippen LogP contribution in [-0.4, -0.2) is 5.97 Å². The molecule has 0 saturated heterocycles. The molecular weight excluding hydrogens is 332 g/mol. The number of hydrogen-bond donors (Lipinski definition) is 0. The first-order valence-electron chi connectivity index (χ1n) is 11.6. The fraction of sp³-hybridized carbons (Fsp3) is 0.880. The van der Waals surface area contributed by atoms with Crippen LogP contribution in [-0.2, 0) is 4.79 Å². The Morgan fingerprint density at radius 1 is 1.11 bits per heavy atom. The van der Waals surface area contributed by atoms with Crippen LogP contribution in [0.3, 0.4) is 0 Å². The van der Waals surface area contributed by atoms with Crippen molar-refractivity contribution in [2.45, 2.75) is 86.0 Å². The van der Waals surface area contributed by atoms with Crippen LogP contribution in [0.2, 0.25) is 0 Å². The molecule has 5 aliphatic rings. The molecule has 0 N–H and O–H groups in total. The summed E-state index contributed by atoms with van der Waals surface area (Å²) in [5.74, 6) is 3.08. The van der Waals surface area contributed by atoms with Crippen molar-refractivity contribution in [3.8, 4) is 0 Å². The standard InChI is InChI=1S/C25H38O2/c1-14(2)17-7-10-24(22(26)27)13-18-16(4)23(5)9-8-19-15(3)6-11-25(19,23)21(18)12-20(17)24/h14-15,17,19-21H,6-13H2,1-5H3,(H,26,27)/p-1/t15-,17+,19+,20-,21+,23+,24-,25-/m1/s1. The molecule has 150 valence electrons. The summed E-state index contributed by atoms with van der Waals surface area (Å²) < 4.78 is 0. The van der Waals surface area contributed by atoms with Gasteiger partial charge in [-0.1, -0.05) is 38.8 Å². The lowest BCUT2D eigenvalue weighted by Gasteiger charge is -2.52. The van der Waals surface area contributed by atoms with E-state index in [0.29, 0.717) is 34.5 Å². The maximum Gasteiger partial charge on any atom is 0.0482 e. The third-order valence-corrected chi connectivity index (χ3v) is 11.1. The van der Waals surface area contributed by atoms with E-state index >= 15 is 0 Å². The third-order valence-electron chi connectivity index (χ3n) is 11.1. The van der Waals surface area contributed by atoms with Gasteiger partial charge in [-0.3, -0.25) is 0 Å². The minimum atomic E-state index is -0.745. The molecule has 0 heterocycles. The normalized spacial score (nSPS) is 53.5. The van der Waals surface area contributed by atoms with Gasteiger partial charge >= 0.3 is 0 Å². The Morgan fingerprint density at radius 3 is 2.52 bits per heavy atom. The lowest BCUT2D eigenvalue weighted by Crippen LogP contribution is -2.51. The number of allylic oxidation sites excluding steroid dienone is 2. The van der Waals surface area contributed by atoms with Crippen molar-refractivity contribution in [2.75, 3.05) is 0 Å². The van der Waals surface area contributed by atoms with Crippen molar-refractivity contribution in [2.24, 2.45) is 51.8 Å². The Hall–Kier alpha value is -0.790. The molecule has 5 aliphatic carbocycles. The van der Waals surface area contributed by atoms with Crippen molar-refractivity contribution >= 4 is 5.97 Å². The van der Waals surface area contributed by atoms with Gasteiger partial charge in [0.05, 0.1) is 0 Å². The highest BCUT2D eigenvalue weighted by atomic mass is 16.4. The summed E-state index contributed by atoms with van der Waals surface area (Å²) in [6.45, 7) is 12.0. The molecule has 0 aromatic heterocycles. The summed E-state index contributed by atoms with van der Waals surface area (Å²) in [4.78, 5) is 12.5. The zero-order valence-electron chi connectivity index (χ0n) is 17.9. The molecule has 4 fully saturated rings. The number of carboxylic acids is 1. The van der Waals surface area contributed by atoms with Crippen LogP contribution >= 0.6 is 0 Å². The van der Waals surface area contributed by atoms with E-state index in [0.717, 1.165) is 37.5 Å². The fourth-order valence-electron chi connectivity index (χ4n) is 9.71. The monoisotopic (exact) mass is 369 g/mol. The number of rotatable bonds is 2. The van der Waals surface area contributed by atoms with Crippen molar-refractivity contribution in [3.63, 3.8) is 0 Å². The zero-order chi connectivity index (χ0) is 19.4. The SMILES string of the molecule is CC1=C2C[C@]3(C(=O)[O-])CC[C@@H](C(C)C)[C@H]3C[C@@H]2[C@@]23CC[C@@H](C)[C@@H]2CC[C@@]13C. The van der Waals surface area contributed by atoms with Crippen molar-refractivity contribution < 1.29 is 9.90 Å². The molecule has 0 unspecified atom stereocenters. The molecule has 0 radical (unpaired) electrons. The van der Waals surface area contributed by atoms with Crippen molar-refractivity contribution in [3.05, 3.63) is 11.1 Å². The Balaban J connectivity index is 1.64. The second-order valence-electron chi connectivity index (χ2n) is 11.6. The first-order chi connectivity index (χ1) is 12.7. The predicted octanol–water partition coefficient (Wildman–Crippen LogP) is 4.98. The van der Waals surface area contributed by atoms with Crippen LogP contribution in [0.15, 0.2) is 11.1 Å². The number of fused-ring (bicyclic) bond motifs is 2. The zero-order valence-corrected chi connectivity index (χ0v) is 17.9. The lowest BCUT2D eigenvalue weighted by atomic mass is 9.53. The van der Waals surface area contributed by atoms with Crippen molar-refractivity contribution in [1.29, 1.82) is 0 Å². The minimum absolute atomic E-state index is 0.321. The summed E-state index contributed by atoms with van der Waals surface area (Å²) in [7, 11) is 0. The predicted molar refractivity (Wildman–Crippen MR) is 106 cm³/mol. The number of carbonyl (C=O) groups excluding carboxylic acids is 1. The van der Waals surface area contributed by atoms with Crippen LogP contribution in [0.25, 0.3) is 0 Å². The van der Waals surface area contributed by atoms with Gasteiger partial charge in [-0.05, 0) is 105 Å². The van der Waals surface area contributed by atoms with Gasteiger partial charge in [-0.15, -0.1) is 0 Å². The maximum atomic E-state index is 12.5. The summed E-state index contributed by atoms with van der Waals surface area (Å²) in [6.07, 6.45) is 9.32. The Morgan fingerprint density at radius 2 is 1.85 bits per heavy atom. The van der Waals surface area contributed by atoms with E-state index in [-0.39, 0.29) is 0 Å². The molecule has 0 aliphatic heterocycles. The van der Waals surface area contributed by atoms with E-state index in [9.17, 15) is 9.90 Å². The van der Waals surface area contributed by atoms with Crippen LogP contribution in [0.5, 0.6) is 0 Å². The van der Waals surface area contributed by atoms with Gasteiger partial charge in [0, 0.05) is 11.4 Å². The Kier molecular flexibility index (Phi) is 3.66. The van der Waals surface area contributed by atoms with Crippen molar-refractivity contribution in [1.82, 2.24) is 0 Å². The van der Waals surface area contributed by atoms with E-state index in [1.807, 2.05) is 0 Å². The molecule has 1 spiro atoms. The summed E-state index contributed by atoms with van der Waals surface area (Å²) in [5, 5.41) is 12.5. The van der Waals surface area contributed by atoms with Gasteiger partial charge < -0.3 is 9.90 Å². The first kappa shape index (κ1) is 18.3. The fourth-order valence-corrected chi connectivity index (χ4v) is 9.71. The molecular formula is C25H37O2-. The van der Waals surface area contributed by atoms with Crippen LogP contribution in [0, 0.1) is 51.8 Å². The lowest BCUT2D eigenvalue weighted by molar-refractivity contribution is -0.323. The topological polar surface area (TPSA) is 40.1 Å². The summed E-state index contributed by atoms with van der Waals surface area (Å²) in [5.41, 5.74) is 3.35. The van der Waals surface area contributed by atoms with Crippen LogP contribution in [0.4, 0.5) is 0 Å². The third kappa shape index (κ3) is 1.87. The summed E-state index contributed by atoms with van der Waals surface area (Å²) in [6, 6.07) is 0. The van der Waals surface area contributed by atoms with Gasteiger partial charge in [0.2, 0.25) is 0 Å². The molecule has 0 bridgehead atoms. The van der Waals surface area contributed by atoms with E-state index in [1.54, 1.807) is 11.1 Å². The van der Waals surface area contributed by atoms with E-state index in [2.05, 4.69) is 34.6 Å². The minimum Gasteiger partial charge on any atom is -0.550 e.